The van der Waals surface area contributed by atoms with Gasteiger partial charge in [-0.3, -0.25) is 9.59 Å². The van der Waals surface area contributed by atoms with Gasteiger partial charge in [-0.25, -0.2) is 0 Å². The largest absolute Gasteiger partial charge is 0.469 e. The Morgan fingerprint density at radius 2 is 2.44 bits per heavy atom. The van der Waals surface area contributed by atoms with Crippen molar-refractivity contribution in [3.63, 3.8) is 0 Å². The fourth-order valence-electron chi connectivity index (χ4n) is 2.36. The molecule has 1 saturated carbocycles. The highest BCUT2D eigenvalue weighted by Gasteiger charge is 2.47. The Labute approximate surface area is 104 Å². The van der Waals surface area contributed by atoms with Gasteiger partial charge in [-0.2, -0.15) is 0 Å². The topological polar surface area (TPSA) is 68.5 Å². The van der Waals surface area contributed by atoms with Gasteiger partial charge in [-0.1, -0.05) is 0 Å². The van der Waals surface area contributed by atoms with E-state index in [1.54, 1.807) is 6.26 Å². The number of hydrogen-bond donors (Lipinski definition) is 1. The van der Waals surface area contributed by atoms with Crippen LogP contribution in [0.4, 0.5) is 0 Å². The maximum Gasteiger partial charge on any atom is 0.309 e. The molecule has 5 heteroatoms. The first kappa shape index (κ1) is 11.3. The van der Waals surface area contributed by atoms with Crippen LogP contribution in [-0.2, 0) is 14.3 Å². The lowest BCUT2D eigenvalue weighted by molar-refractivity contribution is -0.146. The Kier molecular flexibility index (Phi) is 2.81. The highest BCUT2D eigenvalue weighted by Crippen LogP contribution is 2.48. The minimum Gasteiger partial charge on any atom is -0.469 e. The Morgan fingerprint density at radius 1 is 1.56 bits per heavy atom. The number of amides is 1. The van der Waals surface area contributed by atoms with E-state index < -0.39 is 0 Å². The van der Waals surface area contributed by atoms with Gasteiger partial charge in [-0.15, -0.1) is 0 Å². The van der Waals surface area contributed by atoms with Gasteiger partial charge < -0.3 is 14.5 Å². The Balaban J connectivity index is 1.45. The lowest BCUT2D eigenvalue weighted by Crippen LogP contribution is -2.18. The van der Waals surface area contributed by atoms with E-state index in [-0.39, 0.29) is 29.6 Å². The van der Waals surface area contributed by atoms with Crippen molar-refractivity contribution in [2.75, 3.05) is 13.2 Å². The van der Waals surface area contributed by atoms with Gasteiger partial charge in [0, 0.05) is 24.8 Å². The van der Waals surface area contributed by atoms with Gasteiger partial charge in [0.1, 0.15) is 5.76 Å². The minimum absolute atomic E-state index is 0.0379. The predicted octanol–water partition coefficient (Wildman–Crippen LogP) is 1.06. The molecule has 1 aliphatic carbocycles. The lowest BCUT2D eigenvalue weighted by atomic mass is 10.1. The number of ether oxygens (including phenoxy) is 1. The molecule has 1 amide bonds. The van der Waals surface area contributed by atoms with Crippen LogP contribution < -0.4 is 5.32 Å². The Hall–Kier alpha value is -1.78. The van der Waals surface area contributed by atoms with E-state index in [4.69, 9.17) is 9.15 Å². The van der Waals surface area contributed by atoms with Gasteiger partial charge in [0.25, 0.3) is 0 Å². The van der Waals surface area contributed by atoms with Gasteiger partial charge in [0.15, 0.2) is 0 Å². The zero-order valence-electron chi connectivity index (χ0n) is 9.93. The van der Waals surface area contributed by atoms with E-state index in [1.807, 2.05) is 12.1 Å². The van der Waals surface area contributed by atoms with Crippen LogP contribution in [0.2, 0.25) is 0 Å². The van der Waals surface area contributed by atoms with E-state index in [0.717, 1.165) is 12.2 Å². The van der Waals surface area contributed by atoms with E-state index in [2.05, 4.69) is 5.32 Å². The van der Waals surface area contributed by atoms with Crippen molar-refractivity contribution in [1.29, 1.82) is 0 Å². The van der Waals surface area contributed by atoms with Crippen molar-refractivity contribution >= 4 is 11.9 Å². The normalized spacial score (nSPS) is 30.0. The molecule has 18 heavy (non-hydrogen) atoms. The van der Waals surface area contributed by atoms with Crippen LogP contribution in [0.25, 0.3) is 0 Å². The van der Waals surface area contributed by atoms with E-state index in [9.17, 15) is 9.59 Å². The molecule has 2 fully saturated rings. The highest BCUT2D eigenvalue weighted by molar-refractivity contribution is 5.79. The molecular formula is C13H15NO4. The maximum absolute atomic E-state index is 11.8. The van der Waals surface area contributed by atoms with Crippen LogP contribution in [0, 0.1) is 11.8 Å². The van der Waals surface area contributed by atoms with Crippen molar-refractivity contribution in [3.05, 3.63) is 24.2 Å². The Bertz CT molecular complexity index is 454. The van der Waals surface area contributed by atoms with E-state index >= 15 is 0 Å². The summed E-state index contributed by atoms with van der Waals surface area (Å²) in [6, 6.07) is 3.71. The second-order valence-corrected chi connectivity index (χ2v) is 4.97. The molecule has 2 heterocycles. The van der Waals surface area contributed by atoms with Crippen molar-refractivity contribution in [2.45, 2.75) is 18.8 Å². The second-order valence-electron chi connectivity index (χ2n) is 4.97. The molecule has 0 unspecified atom stereocenters. The molecular weight excluding hydrogens is 234 g/mol. The van der Waals surface area contributed by atoms with Gasteiger partial charge in [0.2, 0.25) is 5.91 Å². The van der Waals surface area contributed by atoms with Crippen LogP contribution >= 0.6 is 0 Å². The zero-order valence-corrected chi connectivity index (χ0v) is 9.93. The Morgan fingerprint density at radius 3 is 3.11 bits per heavy atom. The molecule has 1 aromatic heterocycles. The molecule has 1 N–H and O–H groups in total. The summed E-state index contributed by atoms with van der Waals surface area (Å²) in [5, 5.41) is 2.72. The molecule has 0 bridgehead atoms. The van der Waals surface area contributed by atoms with Crippen LogP contribution in [0.1, 0.15) is 24.5 Å². The molecule has 1 saturated heterocycles. The quantitative estimate of drug-likeness (QED) is 0.810. The van der Waals surface area contributed by atoms with Crippen molar-refractivity contribution < 1.29 is 18.7 Å². The van der Waals surface area contributed by atoms with Crippen molar-refractivity contribution in [2.24, 2.45) is 11.8 Å². The van der Waals surface area contributed by atoms with E-state index in [0.29, 0.717) is 19.6 Å². The van der Waals surface area contributed by atoms with Gasteiger partial charge in [0.05, 0.1) is 18.8 Å². The number of carbonyl (C=O) groups is 2. The lowest BCUT2D eigenvalue weighted by Gasteiger charge is -2.08. The third-order valence-electron chi connectivity index (χ3n) is 3.53. The molecule has 0 spiro atoms. The van der Waals surface area contributed by atoms with Crippen LogP contribution in [0.15, 0.2) is 22.8 Å². The van der Waals surface area contributed by atoms with E-state index in [1.165, 1.54) is 0 Å². The van der Waals surface area contributed by atoms with Crippen molar-refractivity contribution in [3.8, 4) is 0 Å². The molecule has 5 nitrogen and oxygen atoms in total. The average Bonchev–Trinajstić information content (AvgIpc) is 2.79. The number of hydrogen-bond acceptors (Lipinski definition) is 4. The molecule has 1 aliphatic heterocycles. The summed E-state index contributed by atoms with van der Waals surface area (Å²) in [7, 11) is 0. The molecule has 1 aromatic rings. The third kappa shape index (κ3) is 2.25. The first-order valence-electron chi connectivity index (χ1n) is 6.21. The number of esters is 1. The second kappa shape index (κ2) is 4.48. The summed E-state index contributed by atoms with van der Waals surface area (Å²) >= 11 is 0. The number of rotatable bonds is 4. The smallest absolute Gasteiger partial charge is 0.309 e. The molecule has 0 radical (unpaired) electrons. The SMILES string of the molecule is O=C1C[C@H](COC(=O)[C@H]2C[C@H]2c2ccco2)CN1. The van der Waals surface area contributed by atoms with Gasteiger partial charge in [-0.05, 0) is 18.6 Å². The van der Waals surface area contributed by atoms with Crippen LogP contribution in [0.5, 0.6) is 0 Å². The molecule has 96 valence electrons. The fourth-order valence-corrected chi connectivity index (χ4v) is 2.36. The standard InChI is InChI=1S/C13H15NO4/c15-12-4-8(6-14-12)7-18-13(16)10-5-9(10)11-2-1-3-17-11/h1-3,8-10H,4-7H2,(H,14,15)/t8-,9+,10-/m0/s1. The molecule has 3 rings (SSSR count). The molecule has 0 aromatic carbocycles. The predicted molar refractivity (Wildman–Crippen MR) is 61.6 cm³/mol. The number of nitrogens with one attached hydrogen (secondary N) is 1. The first-order valence-corrected chi connectivity index (χ1v) is 6.21. The fraction of sp³-hybridized carbons (Fsp3) is 0.538. The summed E-state index contributed by atoms with van der Waals surface area (Å²) in [5.41, 5.74) is 0. The zero-order chi connectivity index (χ0) is 12.5. The average molecular weight is 249 g/mol. The van der Waals surface area contributed by atoms with Crippen LogP contribution in [-0.4, -0.2) is 25.0 Å². The summed E-state index contributed by atoms with van der Waals surface area (Å²) in [5.74, 6) is 0.959. The first-order chi connectivity index (χ1) is 8.74. The summed E-state index contributed by atoms with van der Waals surface area (Å²) < 4.78 is 10.5. The molecule has 2 aliphatic rings. The summed E-state index contributed by atoms with van der Waals surface area (Å²) in [6.45, 7) is 0.942. The number of furan rings is 1. The molecule has 3 atom stereocenters. The third-order valence-corrected chi connectivity index (χ3v) is 3.53. The summed E-state index contributed by atoms with van der Waals surface area (Å²) in [4.78, 5) is 22.8. The van der Waals surface area contributed by atoms with Crippen molar-refractivity contribution in [1.82, 2.24) is 5.32 Å². The van der Waals surface area contributed by atoms with Crippen LogP contribution in [0.3, 0.4) is 0 Å². The minimum atomic E-state index is -0.171. The monoisotopic (exact) mass is 249 g/mol. The highest BCUT2D eigenvalue weighted by atomic mass is 16.5. The van der Waals surface area contributed by atoms with Gasteiger partial charge >= 0.3 is 5.97 Å². The summed E-state index contributed by atoms with van der Waals surface area (Å²) in [6.07, 6.45) is 2.87. The maximum atomic E-state index is 11.8. The number of carbonyl (C=O) groups excluding carboxylic acids is 2.